The monoisotopic (exact) mass is 253 g/mol. The number of carboxylic acid groups (broad SMARTS) is 1. The van der Waals surface area contributed by atoms with Crippen LogP contribution in [0.3, 0.4) is 0 Å². The Morgan fingerprint density at radius 2 is 2.28 bits per heavy atom. The van der Waals surface area contributed by atoms with Crippen molar-refractivity contribution in [1.82, 2.24) is 14.7 Å². The van der Waals surface area contributed by atoms with Gasteiger partial charge < -0.3 is 14.7 Å². The summed E-state index contributed by atoms with van der Waals surface area (Å²) in [7, 11) is 1.76. The summed E-state index contributed by atoms with van der Waals surface area (Å²) >= 11 is 0. The molecule has 1 aromatic rings. The minimum absolute atomic E-state index is 0.0719. The van der Waals surface area contributed by atoms with Gasteiger partial charge in [-0.1, -0.05) is 0 Å². The molecule has 0 spiro atoms. The molecule has 1 aromatic heterocycles. The summed E-state index contributed by atoms with van der Waals surface area (Å²) in [5.41, 5.74) is 1.27. The van der Waals surface area contributed by atoms with Gasteiger partial charge in [-0.25, -0.2) is 4.79 Å². The summed E-state index contributed by atoms with van der Waals surface area (Å²) in [5.74, 6) is -1.24. The summed E-state index contributed by atoms with van der Waals surface area (Å²) in [6.07, 6.45) is 0.558. The van der Waals surface area contributed by atoms with E-state index in [1.807, 2.05) is 0 Å². The Labute approximate surface area is 104 Å². The van der Waals surface area contributed by atoms with Crippen LogP contribution in [0.2, 0.25) is 0 Å². The molecule has 1 N–H and O–H groups in total. The van der Waals surface area contributed by atoms with Crippen LogP contribution in [0.1, 0.15) is 16.1 Å². The summed E-state index contributed by atoms with van der Waals surface area (Å²) in [4.78, 5) is 24.6. The first-order valence-electron chi connectivity index (χ1n) is 5.63. The first kappa shape index (κ1) is 12.6. The molecule has 1 atom stereocenters. The van der Waals surface area contributed by atoms with Crippen LogP contribution in [0, 0.1) is 6.92 Å². The lowest BCUT2D eigenvalue weighted by Gasteiger charge is -2.30. The lowest BCUT2D eigenvalue weighted by atomic mass is 10.2. The van der Waals surface area contributed by atoms with Crippen molar-refractivity contribution in [3.05, 3.63) is 17.5 Å². The van der Waals surface area contributed by atoms with Crippen molar-refractivity contribution in [1.29, 1.82) is 0 Å². The zero-order valence-corrected chi connectivity index (χ0v) is 10.3. The SMILES string of the molecule is Cc1c(C(=O)N2CCOC(C(=O)O)C2)cnn1C. The largest absolute Gasteiger partial charge is 0.479 e. The summed E-state index contributed by atoms with van der Waals surface area (Å²) in [5, 5.41) is 12.9. The highest BCUT2D eigenvalue weighted by Gasteiger charge is 2.30. The van der Waals surface area contributed by atoms with E-state index < -0.39 is 12.1 Å². The first-order valence-corrected chi connectivity index (χ1v) is 5.63. The van der Waals surface area contributed by atoms with Crippen molar-refractivity contribution in [2.75, 3.05) is 19.7 Å². The van der Waals surface area contributed by atoms with Gasteiger partial charge in [0, 0.05) is 19.3 Å². The Morgan fingerprint density at radius 1 is 1.56 bits per heavy atom. The molecule has 7 heteroatoms. The maximum atomic E-state index is 12.2. The van der Waals surface area contributed by atoms with Crippen LogP contribution in [0.4, 0.5) is 0 Å². The molecule has 18 heavy (non-hydrogen) atoms. The Bertz CT molecular complexity index is 483. The highest BCUT2D eigenvalue weighted by atomic mass is 16.5. The fraction of sp³-hybridized carbons (Fsp3) is 0.545. The van der Waals surface area contributed by atoms with E-state index in [0.717, 1.165) is 5.69 Å². The van der Waals surface area contributed by atoms with Crippen molar-refractivity contribution in [3.63, 3.8) is 0 Å². The van der Waals surface area contributed by atoms with Gasteiger partial charge in [-0.2, -0.15) is 5.10 Å². The molecule has 0 aromatic carbocycles. The van der Waals surface area contributed by atoms with Gasteiger partial charge in [0.15, 0.2) is 6.10 Å². The lowest BCUT2D eigenvalue weighted by molar-refractivity contribution is -0.154. The molecule has 2 heterocycles. The number of carbonyl (C=O) groups excluding carboxylic acids is 1. The van der Waals surface area contributed by atoms with Crippen LogP contribution >= 0.6 is 0 Å². The normalized spacial score (nSPS) is 19.9. The van der Waals surface area contributed by atoms with Crippen LogP contribution < -0.4 is 0 Å². The van der Waals surface area contributed by atoms with Crippen LogP contribution in [0.5, 0.6) is 0 Å². The summed E-state index contributed by atoms with van der Waals surface area (Å²) in [6.45, 7) is 2.51. The number of aliphatic carboxylic acids is 1. The van der Waals surface area contributed by atoms with Crippen molar-refractivity contribution < 1.29 is 19.4 Å². The van der Waals surface area contributed by atoms with E-state index in [9.17, 15) is 9.59 Å². The third-order valence-corrected chi connectivity index (χ3v) is 3.09. The van der Waals surface area contributed by atoms with E-state index in [0.29, 0.717) is 12.1 Å². The maximum Gasteiger partial charge on any atom is 0.334 e. The van der Waals surface area contributed by atoms with Crippen LogP contribution in [0.25, 0.3) is 0 Å². The van der Waals surface area contributed by atoms with Crippen molar-refractivity contribution in [2.24, 2.45) is 7.05 Å². The molecule has 1 unspecified atom stereocenters. The Kier molecular flexibility index (Phi) is 3.33. The van der Waals surface area contributed by atoms with Gasteiger partial charge in [-0.15, -0.1) is 0 Å². The van der Waals surface area contributed by atoms with Gasteiger partial charge in [0.25, 0.3) is 5.91 Å². The molecule has 1 amide bonds. The first-order chi connectivity index (χ1) is 8.50. The predicted molar refractivity (Wildman–Crippen MR) is 61.2 cm³/mol. The molecule has 2 rings (SSSR count). The van der Waals surface area contributed by atoms with E-state index >= 15 is 0 Å². The van der Waals surface area contributed by atoms with E-state index in [2.05, 4.69) is 5.10 Å². The zero-order valence-electron chi connectivity index (χ0n) is 10.3. The average molecular weight is 253 g/mol. The molecule has 1 saturated heterocycles. The number of nitrogens with zero attached hydrogens (tertiary/aromatic N) is 3. The van der Waals surface area contributed by atoms with Gasteiger partial charge >= 0.3 is 5.97 Å². The van der Waals surface area contributed by atoms with Crippen LogP contribution in [0.15, 0.2) is 6.20 Å². The second kappa shape index (κ2) is 4.77. The number of hydrogen-bond acceptors (Lipinski definition) is 4. The molecular weight excluding hydrogens is 238 g/mol. The van der Waals surface area contributed by atoms with Crippen LogP contribution in [-0.2, 0) is 16.6 Å². The van der Waals surface area contributed by atoms with E-state index in [-0.39, 0.29) is 19.1 Å². The molecule has 0 saturated carbocycles. The Morgan fingerprint density at radius 3 is 2.83 bits per heavy atom. The summed E-state index contributed by atoms with van der Waals surface area (Å²) in [6, 6.07) is 0. The Balaban J connectivity index is 2.14. The number of aromatic nitrogens is 2. The highest BCUT2D eigenvalue weighted by Crippen LogP contribution is 2.13. The maximum absolute atomic E-state index is 12.2. The van der Waals surface area contributed by atoms with Gasteiger partial charge in [0.05, 0.1) is 24.9 Å². The molecule has 0 radical (unpaired) electrons. The number of rotatable bonds is 2. The number of morpholine rings is 1. The highest BCUT2D eigenvalue weighted by molar-refractivity contribution is 5.95. The number of carboxylic acids is 1. The van der Waals surface area contributed by atoms with Gasteiger partial charge in [0.2, 0.25) is 0 Å². The number of amides is 1. The van der Waals surface area contributed by atoms with Gasteiger partial charge in [0.1, 0.15) is 0 Å². The second-order valence-electron chi connectivity index (χ2n) is 4.22. The molecule has 0 aliphatic carbocycles. The van der Waals surface area contributed by atoms with Gasteiger partial charge in [-0.05, 0) is 6.92 Å². The molecule has 1 aliphatic heterocycles. The number of aryl methyl sites for hydroxylation is 1. The van der Waals surface area contributed by atoms with E-state index in [4.69, 9.17) is 9.84 Å². The Hall–Kier alpha value is -1.89. The standard InChI is InChI=1S/C11H15N3O4/c1-7-8(5-12-13(7)2)10(15)14-3-4-18-9(6-14)11(16)17/h5,9H,3-4,6H2,1-2H3,(H,16,17). The number of hydrogen-bond donors (Lipinski definition) is 1. The zero-order chi connectivity index (χ0) is 13.3. The fourth-order valence-electron chi connectivity index (χ4n) is 1.86. The lowest BCUT2D eigenvalue weighted by Crippen LogP contribution is -2.48. The quantitative estimate of drug-likeness (QED) is 0.779. The molecule has 1 aliphatic rings. The number of ether oxygens (including phenoxy) is 1. The molecular formula is C11H15N3O4. The van der Waals surface area contributed by atoms with Crippen molar-refractivity contribution >= 4 is 11.9 Å². The third kappa shape index (κ3) is 2.21. The number of carbonyl (C=O) groups is 2. The van der Waals surface area contributed by atoms with E-state index in [1.165, 1.54) is 11.1 Å². The smallest absolute Gasteiger partial charge is 0.334 e. The third-order valence-electron chi connectivity index (χ3n) is 3.09. The van der Waals surface area contributed by atoms with Crippen molar-refractivity contribution in [2.45, 2.75) is 13.0 Å². The molecule has 98 valence electrons. The van der Waals surface area contributed by atoms with Gasteiger partial charge in [-0.3, -0.25) is 9.48 Å². The molecule has 7 nitrogen and oxygen atoms in total. The van der Waals surface area contributed by atoms with E-state index in [1.54, 1.807) is 18.7 Å². The minimum Gasteiger partial charge on any atom is -0.479 e. The predicted octanol–water partition coefficient (Wildman–Crippen LogP) is -0.346. The fourth-order valence-corrected chi connectivity index (χ4v) is 1.86. The summed E-state index contributed by atoms with van der Waals surface area (Å²) < 4.78 is 6.69. The van der Waals surface area contributed by atoms with Crippen molar-refractivity contribution in [3.8, 4) is 0 Å². The van der Waals surface area contributed by atoms with Crippen LogP contribution in [-0.4, -0.2) is 57.5 Å². The topological polar surface area (TPSA) is 84.7 Å². The molecule has 1 fully saturated rings. The minimum atomic E-state index is -1.05. The average Bonchev–Trinajstić information content (AvgIpc) is 2.69. The molecule has 0 bridgehead atoms. The second-order valence-corrected chi connectivity index (χ2v) is 4.22.